The van der Waals surface area contributed by atoms with Gasteiger partial charge in [-0.25, -0.2) is 0 Å². The first kappa shape index (κ1) is 15.6. The number of nitrogens with zero attached hydrogens (tertiary/aromatic N) is 1. The maximum absolute atomic E-state index is 12.6. The Morgan fingerprint density at radius 3 is 2.43 bits per heavy atom. The van der Waals surface area contributed by atoms with E-state index in [0.29, 0.717) is 32.8 Å². The SMILES string of the molecule is COCCN(CCOC)C(=O)C1CNc2ccccc2N1. The average Bonchev–Trinajstić information content (AvgIpc) is 2.54. The predicted molar refractivity (Wildman–Crippen MR) is 82.7 cm³/mol. The summed E-state index contributed by atoms with van der Waals surface area (Å²) in [6.07, 6.45) is 0. The second-order valence-corrected chi connectivity index (χ2v) is 4.93. The number of rotatable bonds is 7. The van der Waals surface area contributed by atoms with Crippen molar-refractivity contribution in [1.82, 2.24) is 4.90 Å². The normalized spacial score (nSPS) is 16.6. The van der Waals surface area contributed by atoms with Crippen LogP contribution in [0.25, 0.3) is 0 Å². The van der Waals surface area contributed by atoms with Gasteiger partial charge in [-0.3, -0.25) is 4.79 Å². The number of carbonyl (C=O) groups is 1. The molecule has 0 aliphatic carbocycles. The van der Waals surface area contributed by atoms with Crippen LogP contribution in [0.3, 0.4) is 0 Å². The summed E-state index contributed by atoms with van der Waals surface area (Å²) in [5, 5.41) is 6.58. The highest BCUT2D eigenvalue weighted by Gasteiger charge is 2.27. The van der Waals surface area contributed by atoms with Gasteiger partial charge in [0.25, 0.3) is 0 Å². The van der Waals surface area contributed by atoms with Gasteiger partial charge in [0.1, 0.15) is 6.04 Å². The van der Waals surface area contributed by atoms with Crippen molar-refractivity contribution in [3.8, 4) is 0 Å². The summed E-state index contributed by atoms with van der Waals surface area (Å²) in [6, 6.07) is 7.62. The van der Waals surface area contributed by atoms with E-state index in [0.717, 1.165) is 11.4 Å². The van der Waals surface area contributed by atoms with Crippen LogP contribution in [0, 0.1) is 0 Å². The maximum atomic E-state index is 12.6. The monoisotopic (exact) mass is 293 g/mol. The second-order valence-electron chi connectivity index (χ2n) is 4.93. The molecule has 1 aromatic rings. The van der Waals surface area contributed by atoms with Crippen LogP contribution in [0.2, 0.25) is 0 Å². The molecule has 1 unspecified atom stereocenters. The zero-order valence-electron chi connectivity index (χ0n) is 12.6. The van der Waals surface area contributed by atoms with E-state index in [1.807, 2.05) is 24.3 Å². The van der Waals surface area contributed by atoms with E-state index in [-0.39, 0.29) is 11.9 Å². The van der Waals surface area contributed by atoms with Gasteiger partial charge in [0, 0.05) is 33.9 Å². The molecule has 1 atom stereocenters. The fourth-order valence-corrected chi connectivity index (χ4v) is 2.32. The molecule has 1 aromatic carbocycles. The molecule has 0 spiro atoms. The molecule has 1 heterocycles. The van der Waals surface area contributed by atoms with Crippen molar-refractivity contribution in [2.24, 2.45) is 0 Å². The number of methoxy groups -OCH3 is 2. The number of fused-ring (bicyclic) bond motifs is 1. The van der Waals surface area contributed by atoms with Crippen molar-refractivity contribution < 1.29 is 14.3 Å². The van der Waals surface area contributed by atoms with Gasteiger partial charge in [-0.2, -0.15) is 0 Å². The lowest BCUT2D eigenvalue weighted by atomic mass is 10.1. The molecule has 2 N–H and O–H groups in total. The minimum Gasteiger partial charge on any atom is -0.383 e. The topological polar surface area (TPSA) is 62.8 Å². The molecule has 0 fully saturated rings. The Kier molecular flexibility index (Phi) is 5.83. The minimum absolute atomic E-state index is 0.0612. The van der Waals surface area contributed by atoms with Crippen LogP contribution in [-0.4, -0.2) is 63.9 Å². The molecular weight excluding hydrogens is 270 g/mol. The Morgan fingerprint density at radius 2 is 1.81 bits per heavy atom. The van der Waals surface area contributed by atoms with Crippen molar-refractivity contribution in [3.05, 3.63) is 24.3 Å². The van der Waals surface area contributed by atoms with Crippen LogP contribution in [0.1, 0.15) is 0 Å². The number of para-hydroxylation sites is 2. The van der Waals surface area contributed by atoms with Crippen molar-refractivity contribution in [3.63, 3.8) is 0 Å². The molecule has 0 saturated carbocycles. The highest BCUT2D eigenvalue weighted by molar-refractivity contribution is 5.88. The Morgan fingerprint density at radius 1 is 1.19 bits per heavy atom. The number of ether oxygens (including phenoxy) is 2. The molecule has 0 radical (unpaired) electrons. The molecule has 1 aliphatic rings. The smallest absolute Gasteiger partial charge is 0.247 e. The van der Waals surface area contributed by atoms with Crippen LogP contribution in [0.15, 0.2) is 24.3 Å². The molecule has 0 saturated heterocycles. The quantitative estimate of drug-likeness (QED) is 0.786. The lowest BCUT2D eigenvalue weighted by molar-refractivity contribution is -0.133. The number of amides is 1. The third-order valence-corrected chi connectivity index (χ3v) is 3.49. The van der Waals surface area contributed by atoms with E-state index in [1.54, 1.807) is 19.1 Å². The molecule has 0 aromatic heterocycles. The van der Waals surface area contributed by atoms with Crippen LogP contribution in [0.5, 0.6) is 0 Å². The van der Waals surface area contributed by atoms with Gasteiger partial charge in [-0.1, -0.05) is 12.1 Å². The van der Waals surface area contributed by atoms with E-state index in [2.05, 4.69) is 10.6 Å². The largest absolute Gasteiger partial charge is 0.383 e. The third kappa shape index (κ3) is 4.09. The summed E-state index contributed by atoms with van der Waals surface area (Å²) in [5.41, 5.74) is 1.99. The summed E-state index contributed by atoms with van der Waals surface area (Å²) in [5.74, 6) is 0.0612. The van der Waals surface area contributed by atoms with Crippen molar-refractivity contribution in [2.75, 3.05) is 57.7 Å². The summed E-state index contributed by atoms with van der Waals surface area (Å²) in [7, 11) is 3.27. The third-order valence-electron chi connectivity index (χ3n) is 3.49. The first-order valence-electron chi connectivity index (χ1n) is 7.12. The maximum Gasteiger partial charge on any atom is 0.247 e. The van der Waals surface area contributed by atoms with Gasteiger partial charge < -0.3 is 25.0 Å². The van der Waals surface area contributed by atoms with Gasteiger partial charge >= 0.3 is 0 Å². The van der Waals surface area contributed by atoms with Crippen molar-refractivity contribution in [1.29, 1.82) is 0 Å². The summed E-state index contributed by atoms with van der Waals surface area (Å²) >= 11 is 0. The summed E-state index contributed by atoms with van der Waals surface area (Å²) in [6.45, 7) is 2.75. The number of nitrogens with one attached hydrogen (secondary N) is 2. The van der Waals surface area contributed by atoms with E-state index in [9.17, 15) is 4.79 Å². The Bertz CT molecular complexity index is 459. The fraction of sp³-hybridized carbons (Fsp3) is 0.533. The van der Waals surface area contributed by atoms with Crippen LogP contribution in [0.4, 0.5) is 11.4 Å². The van der Waals surface area contributed by atoms with Gasteiger partial charge in [0.2, 0.25) is 5.91 Å². The molecule has 6 heteroatoms. The molecule has 6 nitrogen and oxygen atoms in total. The summed E-state index contributed by atoms with van der Waals surface area (Å²) in [4.78, 5) is 14.4. The van der Waals surface area contributed by atoms with Crippen LogP contribution >= 0.6 is 0 Å². The number of benzene rings is 1. The molecule has 0 bridgehead atoms. The first-order chi connectivity index (χ1) is 10.3. The highest BCUT2D eigenvalue weighted by Crippen LogP contribution is 2.25. The Balaban J connectivity index is 2.00. The highest BCUT2D eigenvalue weighted by atomic mass is 16.5. The zero-order chi connectivity index (χ0) is 15.1. The van der Waals surface area contributed by atoms with Gasteiger partial charge in [0.15, 0.2) is 0 Å². The van der Waals surface area contributed by atoms with Crippen LogP contribution in [-0.2, 0) is 14.3 Å². The predicted octanol–water partition coefficient (Wildman–Crippen LogP) is 1.01. The fourth-order valence-electron chi connectivity index (χ4n) is 2.32. The molecule has 1 amide bonds. The number of hydrogen-bond donors (Lipinski definition) is 2. The molecule has 2 rings (SSSR count). The molecule has 21 heavy (non-hydrogen) atoms. The van der Waals surface area contributed by atoms with E-state index in [4.69, 9.17) is 9.47 Å². The average molecular weight is 293 g/mol. The van der Waals surface area contributed by atoms with Gasteiger partial charge in [0.05, 0.1) is 24.6 Å². The second kappa shape index (κ2) is 7.85. The van der Waals surface area contributed by atoms with Crippen molar-refractivity contribution in [2.45, 2.75) is 6.04 Å². The van der Waals surface area contributed by atoms with Gasteiger partial charge in [-0.15, -0.1) is 0 Å². The van der Waals surface area contributed by atoms with Gasteiger partial charge in [-0.05, 0) is 12.1 Å². The first-order valence-corrected chi connectivity index (χ1v) is 7.12. The minimum atomic E-state index is -0.270. The number of carbonyl (C=O) groups excluding carboxylic acids is 1. The standard InChI is InChI=1S/C15H23N3O3/c1-20-9-7-18(8-10-21-2)15(19)14-11-16-12-5-3-4-6-13(12)17-14/h3-6,14,16-17H,7-11H2,1-2H3. The summed E-state index contributed by atoms with van der Waals surface area (Å²) < 4.78 is 10.2. The van der Waals surface area contributed by atoms with Crippen LogP contribution < -0.4 is 10.6 Å². The molecular formula is C15H23N3O3. The number of anilines is 2. The Hall–Kier alpha value is -1.79. The zero-order valence-corrected chi connectivity index (χ0v) is 12.6. The van der Waals surface area contributed by atoms with E-state index in [1.165, 1.54) is 0 Å². The van der Waals surface area contributed by atoms with E-state index >= 15 is 0 Å². The number of hydrogen-bond acceptors (Lipinski definition) is 5. The lowest BCUT2D eigenvalue weighted by Gasteiger charge is -2.32. The lowest BCUT2D eigenvalue weighted by Crippen LogP contribution is -2.49. The van der Waals surface area contributed by atoms with Crippen molar-refractivity contribution >= 4 is 17.3 Å². The van der Waals surface area contributed by atoms with E-state index < -0.39 is 0 Å². The molecule has 116 valence electrons. The Labute approximate surface area is 125 Å². The molecule has 1 aliphatic heterocycles.